The van der Waals surface area contributed by atoms with Crippen molar-refractivity contribution < 1.29 is 23.1 Å². The minimum Gasteiger partial charge on any atom is -0.392 e. The lowest BCUT2D eigenvalue weighted by molar-refractivity contribution is -0.137. The van der Waals surface area contributed by atoms with Gasteiger partial charge in [-0.15, -0.1) is 10.2 Å². The summed E-state index contributed by atoms with van der Waals surface area (Å²) in [4.78, 5) is 16.1. The maximum absolute atomic E-state index is 12.8. The van der Waals surface area contributed by atoms with E-state index in [0.29, 0.717) is 45.0 Å². The molecule has 10 heteroatoms. The SMILES string of the molecule is CC(C)C(=O)N1CCn2c(nnc2[C@@H]2C[C@H](O)CN2Cc2ccc(C(F)(F)F)cc2)C1. The molecule has 1 amide bonds. The Labute approximate surface area is 178 Å². The molecule has 168 valence electrons. The van der Waals surface area contributed by atoms with Gasteiger partial charge in [-0.2, -0.15) is 13.2 Å². The molecular formula is C21H26F3N5O2. The Balaban J connectivity index is 1.51. The van der Waals surface area contributed by atoms with Gasteiger partial charge in [-0.1, -0.05) is 26.0 Å². The number of aliphatic hydroxyl groups is 1. The van der Waals surface area contributed by atoms with Crippen LogP contribution in [0, 0.1) is 5.92 Å². The summed E-state index contributed by atoms with van der Waals surface area (Å²) in [5.41, 5.74) is 0.0560. The predicted molar refractivity (Wildman–Crippen MR) is 105 cm³/mol. The zero-order valence-electron chi connectivity index (χ0n) is 17.5. The first-order valence-electron chi connectivity index (χ1n) is 10.4. The minimum absolute atomic E-state index is 0.0796. The monoisotopic (exact) mass is 437 g/mol. The third kappa shape index (κ3) is 4.45. The van der Waals surface area contributed by atoms with E-state index >= 15 is 0 Å². The van der Waals surface area contributed by atoms with Crippen molar-refractivity contribution >= 4 is 5.91 Å². The molecule has 2 aromatic rings. The van der Waals surface area contributed by atoms with Gasteiger partial charge in [0, 0.05) is 32.1 Å². The number of nitrogens with zero attached hydrogens (tertiary/aromatic N) is 5. The lowest BCUT2D eigenvalue weighted by Gasteiger charge is -2.31. The number of aromatic nitrogens is 3. The van der Waals surface area contributed by atoms with E-state index in [1.54, 1.807) is 4.90 Å². The van der Waals surface area contributed by atoms with E-state index in [2.05, 4.69) is 10.2 Å². The first-order valence-corrected chi connectivity index (χ1v) is 10.4. The molecule has 1 aromatic heterocycles. The first kappa shape index (κ1) is 21.8. The number of hydrogen-bond acceptors (Lipinski definition) is 5. The van der Waals surface area contributed by atoms with Gasteiger partial charge >= 0.3 is 6.18 Å². The fourth-order valence-corrected chi connectivity index (χ4v) is 4.34. The Bertz CT molecular complexity index is 941. The highest BCUT2D eigenvalue weighted by molar-refractivity contribution is 5.78. The smallest absolute Gasteiger partial charge is 0.392 e. The molecule has 7 nitrogen and oxygen atoms in total. The van der Waals surface area contributed by atoms with Crippen LogP contribution < -0.4 is 0 Å². The van der Waals surface area contributed by atoms with Crippen LogP contribution in [0.4, 0.5) is 13.2 Å². The van der Waals surface area contributed by atoms with Gasteiger partial charge in [0.2, 0.25) is 5.91 Å². The zero-order valence-corrected chi connectivity index (χ0v) is 17.5. The third-order valence-electron chi connectivity index (χ3n) is 5.93. The van der Waals surface area contributed by atoms with Gasteiger partial charge < -0.3 is 14.6 Å². The Morgan fingerprint density at radius 3 is 2.55 bits per heavy atom. The fourth-order valence-electron chi connectivity index (χ4n) is 4.34. The van der Waals surface area contributed by atoms with Gasteiger partial charge in [-0.05, 0) is 24.1 Å². The van der Waals surface area contributed by atoms with Crippen LogP contribution in [0.5, 0.6) is 0 Å². The van der Waals surface area contributed by atoms with Gasteiger partial charge in [0.25, 0.3) is 0 Å². The predicted octanol–water partition coefficient (Wildman–Crippen LogP) is 2.60. The first-order chi connectivity index (χ1) is 14.6. The van der Waals surface area contributed by atoms with Crippen molar-refractivity contribution in [3.8, 4) is 0 Å². The second-order valence-corrected chi connectivity index (χ2v) is 8.57. The van der Waals surface area contributed by atoms with E-state index in [4.69, 9.17) is 0 Å². The average molecular weight is 437 g/mol. The van der Waals surface area contributed by atoms with Crippen LogP contribution in [-0.2, 0) is 30.6 Å². The summed E-state index contributed by atoms with van der Waals surface area (Å²) in [5.74, 6) is 1.44. The van der Waals surface area contributed by atoms with Crippen molar-refractivity contribution in [3.63, 3.8) is 0 Å². The second-order valence-electron chi connectivity index (χ2n) is 8.57. The highest BCUT2D eigenvalue weighted by atomic mass is 19.4. The molecule has 1 N–H and O–H groups in total. The van der Waals surface area contributed by atoms with Crippen molar-refractivity contribution in [1.29, 1.82) is 0 Å². The van der Waals surface area contributed by atoms with Crippen LogP contribution >= 0.6 is 0 Å². The van der Waals surface area contributed by atoms with Crippen LogP contribution in [0.25, 0.3) is 0 Å². The van der Waals surface area contributed by atoms with E-state index in [1.165, 1.54) is 12.1 Å². The second kappa shape index (κ2) is 8.23. The molecule has 0 spiro atoms. The molecule has 0 unspecified atom stereocenters. The van der Waals surface area contributed by atoms with Crippen molar-refractivity contribution in [3.05, 3.63) is 47.0 Å². The molecule has 1 saturated heterocycles. The fraction of sp³-hybridized carbons (Fsp3) is 0.571. The molecule has 0 aliphatic carbocycles. The molecule has 0 saturated carbocycles. The molecule has 1 aromatic carbocycles. The maximum Gasteiger partial charge on any atom is 0.416 e. The number of rotatable bonds is 4. The van der Waals surface area contributed by atoms with Crippen LogP contribution in [0.15, 0.2) is 24.3 Å². The number of carbonyl (C=O) groups excluding carboxylic acids is 1. The number of amides is 1. The number of alkyl halides is 3. The summed E-state index contributed by atoms with van der Waals surface area (Å²) in [6.45, 7) is 6.10. The van der Waals surface area contributed by atoms with E-state index in [-0.39, 0.29) is 17.9 Å². The summed E-state index contributed by atoms with van der Waals surface area (Å²) in [6, 6.07) is 4.91. The quantitative estimate of drug-likeness (QED) is 0.796. The summed E-state index contributed by atoms with van der Waals surface area (Å²) < 4.78 is 40.5. The molecule has 4 rings (SSSR count). The molecular weight excluding hydrogens is 411 g/mol. The molecule has 2 aliphatic heterocycles. The lowest BCUT2D eigenvalue weighted by Crippen LogP contribution is -2.41. The van der Waals surface area contributed by atoms with Gasteiger partial charge in [0.15, 0.2) is 11.6 Å². The summed E-state index contributed by atoms with van der Waals surface area (Å²) >= 11 is 0. The zero-order chi connectivity index (χ0) is 22.3. The number of likely N-dealkylation sites (tertiary alicyclic amines) is 1. The molecule has 2 aliphatic rings. The molecule has 2 atom stereocenters. The number of halogens is 3. The van der Waals surface area contributed by atoms with Crippen LogP contribution in [0.1, 0.15) is 49.1 Å². The molecule has 0 radical (unpaired) electrons. The van der Waals surface area contributed by atoms with Crippen molar-refractivity contribution in [2.75, 3.05) is 13.1 Å². The van der Waals surface area contributed by atoms with Crippen molar-refractivity contribution in [2.45, 2.75) is 58.2 Å². The number of β-amino-alcohol motifs (C(OH)–C–C–N with tert-alkyl or cyclic N) is 1. The van der Waals surface area contributed by atoms with Crippen LogP contribution in [-0.4, -0.2) is 54.8 Å². The lowest BCUT2D eigenvalue weighted by atomic mass is 10.1. The molecule has 31 heavy (non-hydrogen) atoms. The Kier molecular flexibility index (Phi) is 5.78. The molecule has 3 heterocycles. The average Bonchev–Trinajstić information content (AvgIpc) is 3.29. The molecule has 1 fully saturated rings. The van der Waals surface area contributed by atoms with Crippen LogP contribution in [0.2, 0.25) is 0 Å². The number of fused-ring (bicyclic) bond motifs is 1. The maximum atomic E-state index is 12.8. The Morgan fingerprint density at radius 1 is 1.19 bits per heavy atom. The number of carbonyl (C=O) groups is 1. The number of hydrogen-bond donors (Lipinski definition) is 1. The summed E-state index contributed by atoms with van der Waals surface area (Å²) in [7, 11) is 0. The van der Waals surface area contributed by atoms with Crippen LogP contribution in [0.3, 0.4) is 0 Å². The summed E-state index contributed by atoms with van der Waals surface area (Å²) in [5, 5.41) is 18.9. The topological polar surface area (TPSA) is 74.5 Å². The third-order valence-corrected chi connectivity index (χ3v) is 5.93. The number of aliphatic hydroxyl groups excluding tert-OH is 1. The number of benzene rings is 1. The standard InChI is InChI=1S/C21H26F3N5O2/c1-13(2)20(31)27-7-8-29-18(12-27)25-26-19(29)17-9-16(30)11-28(17)10-14-3-5-15(6-4-14)21(22,23)24/h3-6,13,16-17,30H,7-12H2,1-2H3/t16-,17-/m0/s1. The van der Waals surface area contributed by atoms with Gasteiger partial charge in [0.05, 0.1) is 24.3 Å². The van der Waals surface area contributed by atoms with Crippen molar-refractivity contribution in [2.24, 2.45) is 5.92 Å². The van der Waals surface area contributed by atoms with E-state index in [9.17, 15) is 23.1 Å². The highest BCUT2D eigenvalue weighted by Gasteiger charge is 2.37. The van der Waals surface area contributed by atoms with E-state index < -0.39 is 17.8 Å². The van der Waals surface area contributed by atoms with E-state index in [0.717, 1.165) is 23.5 Å². The Morgan fingerprint density at radius 2 is 1.90 bits per heavy atom. The van der Waals surface area contributed by atoms with E-state index in [1.807, 2.05) is 23.3 Å². The van der Waals surface area contributed by atoms with Crippen molar-refractivity contribution in [1.82, 2.24) is 24.6 Å². The van der Waals surface area contributed by atoms with Gasteiger partial charge in [0.1, 0.15) is 0 Å². The summed E-state index contributed by atoms with van der Waals surface area (Å²) in [6.07, 6.45) is -4.43. The minimum atomic E-state index is -4.36. The highest BCUT2D eigenvalue weighted by Crippen LogP contribution is 2.34. The normalized spacial score (nSPS) is 22.2. The largest absolute Gasteiger partial charge is 0.416 e. The Hall–Kier alpha value is -2.46. The molecule has 0 bridgehead atoms. The van der Waals surface area contributed by atoms with Gasteiger partial charge in [-0.3, -0.25) is 9.69 Å². The van der Waals surface area contributed by atoms with Gasteiger partial charge in [-0.25, -0.2) is 0 Å².